The molecule has 1 aromatic heterocycles. The molecular formula is C17H13N3O4. The van der Waals surface area contributed by atoms with Gasteiger partial charge in [-0.2, -0.15) is 0 Å². The van der Waals surface area contributed by atoms with Crippen molar-refractivity contribution in [1.29, 1.82) is 0 Å². The van der Waals surface area contributed by atoms with Gasteiger partial charge in [-0.05, 0) is 17.7 Å². The van der Waals surface area contributed by atoms with Gasteiger partial charge in [-0.25, -0.2) is 0 Å². The lowest BCUT2D eigenvalue weighted by Crippen LogP contribution is -2.22. The number of carbonyl (C=O) groups is 1. The van der Waals surface area contributed by atoms with Gasteiger partial charge in [0.2, 0.25) is 0 Å². The van der Waals surface area contributed by atoms with Crippen molar-refractivity contribution in [2.24, 2.45) is 0 Å². The minimum absolute atomic E-state index is 0.0108. The third kappa shape index (κ3) is 3.00. The number of nitro groups is 1. The number of nitrogens with one attached hydrogen (secondary N) is 1. The molecule has 0 unspecified atom stereocenters. The molecule has 2 aromatic carbocycles. The van der Waals surface area contributed by atoms with E-state index in [-0.39, 0.29) is 23.5 Å². The van der Waals surface area contributed by atoms with Crippen molar-refractivity contribution in [1.82, 2.24) is 10.3 Å². The number of phenols is 1. The van der Waals surface area contributed by atoms with E-state index in [1.807, 2.05) is 0 Å². The summed E-state index contributed by atoms with van der Waals surface area (Å²) in [7, 11) is 0. The minimum atomic E-state index is -0.484. The number of non-ortho nitro benzene ring substituents is 1. The molecule has 0 saturated carbocycles. The normalized spacial score (nSPS) is 10.5. The maximum Gasteiger partial charge on any atom is 0.269 e. The maximum atomic E-state index is 12.3. The Bertz CT molecular complexity index is 923. The number of fused-ring (bicyclic) bond motifs is 1. The van der Waals surface area contributed by atoms with Gasteiger partial charge in [-0.15, -0.1) is 0 Å². The Morgan fingerprint density at radius 2 is 1.92 bits per heavy atom. The minimum Gasteiger partial charge on any atom is -0.505 e. The van der Waals surface area contributed by atoms with E-state index in [1.165, 1.54) is 18.2 Å². The standard InChI is InChI=1S/C17H13N3O4/c21-16-14(8-5-12-2-1-9-18-15(12)16)17(22)19-10-11-3-6-13(7-4-11)20(23)24/h1-9,21H,10H2,(H,19,22). The molecule has 7 heteroatoms. The SMILES string of the molecule is O=C(NCc1ccc([N+](=O)[O-])cc1)c1ccc2cccnc2c1O. The predicted molar refractivity (Wildman–Crippen MR) is 87.7 cm³/mol. The van der Waals surface area contributed by atoms with Gasteiger partial charge in [0.05, 0.1) is 10.5 Å². The van der Waals surface area contributed by atoms with Crippen LogP contribution in [0.2, 0.25) is 0 Å². The molecule has 0 atom stereocenters. The Labute approximate surface area is 136 Å². The number of amides is 1. The van der Waals surface area contributed by atoms with E-state index in [4.69, 9.17) is 0 Å². The molecule has 24 heavy (non-hydrogen) atoms. The molecule has 0 radical (unpaired) electrons. The number of hydrogen-bond donors (Lipinski definition) is 2. The molecule has 3 rings (SSSR count). The van der Waals surface area contributed by atoms with Crippen molar-refractivity contribution in [2.45, 2.75) is 6.54 Å². The van der Waals surface area contributed by atoms with E-state index in [0.29, 0.717) is 11.1 Å². The lowest BCUT2D eigenvalue weighted by molar-refractivity contribution is -0.384. The summed E-state index contributed by atoms with van der Waals surface area (Å²) in [5, 5.41) is 24.2. The molecule has 0 bridgehead atoms. The number of pyridine rings is 1. The highest BCUT2D eigenvalue weighted by molar-refractivity contribution is 6.02. The summed E-state index contributed by atoms with van der Waals surface area (Å²) in [6.45, 7) is 0.191. The van der Waals surface area contributed by atoms with Crippen molar-refractivity contribution < 1.29 is 14.8 Å². The maximum absolute atomic E-state index is 12.3. The third-order valence-corrected chi connectivity index (χ3v) is 3.59. The van der Waals surface area contributed by atoms with Crippen molar-refractivity contribution in [3.05, 3.63) is 76.0 Å². The number of rotatable bonds is 4. The summed E-state index contributed by atoms with van der Waals surface area (Å²) < 4.78 is 0. The summed E-state index contributed by atoms with van der Waals surface area (Å²) >= 11 is 0. The van der Waals surface area contributed by atoms with Gasteiger partial charge in [0.25, 0.3) is 11.6 Å². The lowest BCUT2D eigenvalue weighted by atomic mass is 10.1. The van der Waals surface area contributed by atoms with Gasteiger partial charge in [-0.3, -0.25) is 19.9 Å². The molecule has 0 fully saturated rings. The Morgan fingerprint density at radius 3 is 2.62 bits per heavy atom. The fourth-order valence-corrected chi connectivity index (χ4v) is 2.33. The number of benzene rings is 2. The van der Waals surface area contributed by atoms with Crippen LogP contribution in [0.15, 0.2) is 54.7 Å². The summed E-state index contributed by atoms with van der Waals surface area (Å²) in [4.78, 5) is 26.5. The van der Waals surface area contributed by atoms with Crippen LogP contribution in [0.1, 0.15) is 15.9 Å². The second-order valence-electron chi connectivity index (χ2n) is 5.14. The van der Waals surface area contributed by atoms with Crippen LogP contribution in [0, 0.1) is 10.1 Å². The summed E-state index contributed by atoms with van der Waals surface area (Å²) in [5.41, 5.74) is 1.19. The van der Waals surface area contributed by atoms with Crippen molar-refractivity contribution in [3.63, 3.8) is 0 Å². The molecule has 0 aliphatic carbocycles. The van der Waals surface area contributed by atoms with E-state index < -0.39 is 10.8 Å². The first-order valence-electron chi connectivity index (χ1n) is 7.14. The number of aromatic hydroxyl groups is 1. The van der Waals surface area contributed by atoms with E-state index in [0.717, 1.165) is 5.39 Å². The quantitative estimate of drug-likeness (QED) is 0.567. The van der Waals surface area contributed by atoms with Crippen LogP contribution in [-0.4, -0.2) is 20.9 Å². The largest absolute Gasteiger partial charge is 0.505 e. The van der Waals surface area contributed by atoms with Crippen LogP contribution < -0.4 is 5.32 Å². The Hall–Kier alpha value is -3.48. The molecule has 0 aliphatic heterocycles. The van der Waals surface area contributed by atoms with Crippen LogP contribution in [0.5, 0.6) is 5.75 Å². The average molecular weight is 323 g/mol. The molecule has 0 aliphatic rings. The topological polar surface area (TPSA) is 105 Å². The van der Waals surface area contributed by atoms with E-state index in [1.54, 1.807) is 36.5 Å². The lowest BCUT2D eigenvalue weighted by Gasteiger charge is -2.08. The molecule has 1 amide bonds. The van der Waals surface area contributed by atoms with Crippen molar-refractivity contribution in [2.75, 3.05) is 0 Å². The molecule has 7 nitrogen and oxygen atoms in total. The molecular weight excluding hydrogens is 310 g/mol. The second-order valence-corrected chi connectivity index (χ2v) is 5.14. The predicted octanol–water partition coefficient (Wildman–Crippen LogP) is 2.78. The van der Waals surface area contributed by atoms with Crippen molar-refractivity contribution in [3.8, 4) is 5.75 Å². The number of aromatic nitrogens is 1. The number of hydrogen-bond acceptors (Lipinski definition) is 5. The average Bonchev–Trinajstić information content (AvgIpc) is 2.60. The van der Waals surface area contributed by atoms with E-state index in [2.05, 4.69) is 10.3 Å². The zero-order chi connectivity index (χ0) is 17.1. The third-order valence-electron chi connectivity index (χ3n) is 3.59. The first-order chi connectivity index (χ1) is 11.6. The molecule has 2 N–H and O–H groups in total. The second kappa shape index (κ2) is 6.33. The number of nitro benzene ring substituents is 1. The van der Waals surface area contributed by atoms with Crippen LogP contribution in [0.25, 0.3) is 10.9 Å². The van der Waals surface area contributed by atoms with Gasteiger partial charge in [0.15, 0.2) is 5.75 Å². The summed E-state index contributed by atoms with van der Waals surface area (Å²) in [6, 6.07) is 12.7. The number of nitrogens with zero attached hydrogens (tertiary/aromatic N) is 2. The van der Waals surface area contributed by atoms with Gasteiger partial charge < -0.3 is 10.4 Å². The fourth-order valence-electron chi connectivity index (χ4n) is 2.33. The van der Waals surface area contributed by atoms with E-state index in [9.17, 15) is 20.0 Å². The zero-order valence-corrected chi connectivity index (χ0v) is 12.5. The number of carbonyl (C=O) groups excluding carboxylic acids is 1. The molecule has 0 saturated heterocycles. The molecule has 0 spiro atoms. The first-order valence-corrected chi connectivity index (χ1v) is 7.14. The highest BCUT2D eigenvalue weighted by Crippen LogP contribution is 2.26. The van der Waals surface area contributed by atoms with Crippen LogP contribution >= 0.6 is 0 Å². The summed E-state index contributed by atoms with van der Waals surface area (Å²) in [5.74, 6) is -0.618. The number of phenolic OH excluding ortho intramolecular Hbond substituents is 1. The smallest absolute Gasteiger partial charge is 0.269 e. The summed E-state index contributed by atoms with van der Waals surface area (Å²) in [6.07, 6.45) is 1.54. The molecule has 1 heterocycles. The van der Waals surface area contributed by atoms with Crippen LogP contribution in [0.3, 0.4) is 0 Å². The fraction of sp³-hybridized carbons (Fsp3) is 0.0588. The highest BCUT2D eigenvalue weighted by Gasteiger charge is 2.14. The highest BCUT2D eigenvalue weighted by atomic mass is 16.6. The molecule has 3 aromatic rings. The van der Waals surface area contributed by atoms with Gasteiger partial charge in [0, 0.05) is 30.3 Å². The zero-order valence-electron chi connectivity index (χ0n) is 12.5. The van der Waals surface area contributed by atoms with Crippen LogP contribution in [-0.2, 0) is 6.54 Å². The molecule has 120 valence electrons. The van der Waals surface area contributed by atoms with Crippen molar-refractivity contribution >= 4 is 22.5 Å². The van der Waals surface area contributed by atoms with E-state index >= 15 is 0 Å². The Kier molecular flexibility index (Phi) is 4.07. The first kappa shape index (κ1) is 15.4. The van der Waals surface area contributed by atoms with Gasteiger partial charge in [0.1, 0.15) is 5.52 Å². The van der Waals surface area contributed by atoms with Gasteiger partial charge in [-0.1, -0.05) is 24.3 Å². The monoisotopic (exact) mass is 323 g/mol. The Balaban J connectivity index is 1.75. The Morgan fingerprint density at radius 1 is 1.17 bits per heavy atom. The van der Waals surface area contributed by atoms with Crippen LogP contribution in [0.4, 0.5) is 5.69 Å². The van der Waals surface area contributed by atoms with Gasteiger partial charge >= 0.3 is 0 Å².